The van der Waals surface area contributed by atoms with Crippen LogP contribution in [0.25, 0.3) is 0 Å². The van der Waals surface area contributed by atoms with E-state index in [2.05, 4.69) is 5.32 Å². The van der Waals surface area contributed by atoms with Crippen LogP contribution >= 0.6 is 0 Å². The van der Waals surface area contributed by atoms with Gasteiger partial charge in [0.25, 0.3) is 11.5 Å². The van der Waals surface area contributed by atoms with Gasteiger partial charge >= 0.3 is 6.18 Å². The van der Waals surface area contributed by atoms with E-state index in [9.17, 15) is 22.8 Å². The van der Waals surface area contributed by atoms with Crippen molar-refractivity contribution in [1.82, 2.24) is 10.3 Å². The predicted molar refractivity (Wildman–Crippen MR) is 112 cm³/mol. The summed E-state index contributed by atoms with van der Waals surface area (Å²) in [5.74, 6) is 0.647. The fourth-order valence-electron chi connectivity index (χ4n) is 3.45. The molecule has 0 radical (unpaired) electrons. The third-order valence-electron chi connectivity index (χ3n) is 5.04. The lowest BCUT2D eigenvalue weighted by atomic mass is 9.94. The zero-order valence-electron chi connectivity index (χ0n) is 17.4. The van der Waals surface area contributed by atoms with Gasteiger partial charge in [-0.15, -0.1) is 0 Å². The van der Waals surface area contributed by atoms with Gasteiger partial charge in [-0.1, -0.05) is 18.2 Å². The molecule has 4 rings (SSSR count). The Hall–Kier alpha value is -3.79. The highest BCUT2D eigenvalue weighted by molar-refractivity contribution is 5.94. The number of alkyl halides is 3. The summed E-state index contributed by atoms with van der Waals surface area (Å²) in [6.45, 7) is 0.740. The topological polar surface area (TPSA) is 89.7 Å². The minimum absolute atomic E-state index is 0.336. The van der Waals surface area contributed by atoms with Crippen LogP contribution in [-0.4, -0.2) is 31.2 Å². The maximum atomic E-state index is 12.9. The lowest BCUT2D eigenvalue weighted by Crippen LogP contribution is -2.35. The number of ether oxygens (including phenoxy) is 3. The molecule has 2 heterocycles. The van der Waals surface area contributed by atoms with Crippen LogP contribution in [0.15, 0.2) is 59.4 Å². The van der Waals surface area contributed by atoms with Crippen LogP contribution in [0.1, 0.15) is 33.2 Å². The number of hydrogen-bond donors (Lipinski definition) is 2. The van der Waals surface area contributed by atoms with E-state index in [-0.39, 0.29) is 0 Å². The molecule has 1 unspecified atom stereocenters. The van der Waals surface area contributed by atoms with Crippen LogP contribution in [-0.2, 0) is 10.9 Å². The normalized spacial score (nSPS) is 14.6. The molecular weight excluding hydrogens is 441 g/mol. The molecule has 10 heteroatoms. The predicted octanol–water partition coefficient (Wildman–Crippen LogP) is 4.04. The Morgan fingerprint density at radius 1 is 1.06 bits per heavy atom. The Balaban J connectivity index is 1.65. The number of rotatable bonds is 6. The number of benzene rings is 2. The molecule has 33 heavy (non-hydrogen) atoms. The van der Waals surface area contributed by atoms with Gasteiger partial charge in [0.05, 0.1) is 12.6 Å². The summed E-state index contributed by atoms with van der Waals surface area (Å²) in [5, 5.41) is 2.74. The third kappa shape index (κ3) is 4.70. The molecule has 0 saturated carbocycles. The van der Waals surface area contributed by atoms with Crippen molar-refractivity contribution >= 4 is 5.91 Å². The van der Waals surface area contributed by atoms with Gasteiger partial charge < -0.3 is 24.5 Å². The van der Waals surface area contributed by atoms with E-state index in [1.165, 1.54) is 0 Å². The molecule has 2 aromatic carbocycles. The van der Waals surface area contributed by atoms with Crippen LogP contribution in [0.4, 0.5) is 13.2 Å². The van der Waals surface area contributed by atoms with Gasteiger partial charge in [-0.25, -0.2) is 0 Å². The Bertz CT molecular complexity index is 1240. The van der Waals surface area contributed by atoms with Crippen LogP contribution in [0.5, 0.6) is 17.2 Å². The molecule has 0 saturated heterocycles. The molecule has 1 aliphatic heterocycles. The summed E-state index contributed by atoms with van der Waals surface area (Å²) in [6.07, 6.45) is -4.73. The highest BCUT2D eigenvalue weighted by Gasteiger charge is 2.33. The molecule has 3 aromatic rings. The van der Waals surface area contributed by atoms with Crippen molar-refractivity contribution in [3.63, 3.8) is 0 Å². The summed E-state index contributed by atoms with van der Waals surface area (Å²) >= 11 is 0. The summed E-state index contributed by atoms with van der Waals surface area (Å²) in [5.41, 5.74) is -1.57. The number of amides is 1. The van der Waals surface area contributed by atoms with E-state index in [0.717, 1.165) is 6.07 Å². The SMILES string of the molecule is COCCOc1ccc2c(c1)Oc1ccccc1C2NC(=O)c1ccc(C(F)(F)F)[nH]c1=O. The van der Waals surface area contributed by atoms with E-state index >= 15 is 0 Å². The quantitative estimate of drug-likeness (QED) is 0.542. The first-order valence-corrected chi connectivity index (χ1v) is 9.92. The molecule has 172 valence electrons. The number of methoxy groups -OCH3 is 1. The van der Waals surface area contributed by atoms with Crippen molar-refractivity contribution in [2.75, 3.05) is 20.3 Å². The smallest absolute Gasteiger partial charge is 0.431 e. The third-order valence-corrected chi connectivity index (χ3v) is 5.04. The molecule has 1 atom stereocenters. The minimum atomic E-state index is -4.73. The molecule has 1 aromatic heterocycles. The molecule has 0 fully saturated rings. The number of aromatic nitrogens is 1. The number of carbonyl (C=O) groups excluding carboxylic acids is 1. The first-order chi connectivity index (χ1) is 15.8. The lowest BCUT2D eigenvalue weighted by Gasteiger charge is -2.29. The highest BCUT2D eigenvalue weighted by atomic mass is 19.4. The molecule has 7 nitrogen and oxygen atoms in total. The average molecular weight is 460 g/mol. The summed E-state index contributed by atoms with van der Waals surface area (Å²) in [7, 11) is 1.56. The van der Waals surface area contributed by atoms with Crippen molar-refractivity contribution in [3.05, 3.63) is 87.3 Å². The van der Waals surface area contributed by atoms with E-state index in [1.807, 2.05) is 0 Å². The Morgan fingerprint density at radius 3 is 2.55 bits per heavy atom. The number of hydrogen-bond acceptors (Lipinski definition) is 5. The maximum Gasteiger partial charge on any atom is 0.431 e. The number of carbonyl (C=O) groups is 1. The highest BCUT2D eigenvalue weighted by Crippen LogP contribution is 2.44. The number of H-pyrrole nitrogens is 1. The largest absolute Gasteiger partial charge is 0.491 e. The number of nitrogens with one attached hydrogen (secondary N) is 2. The fraction of sp³-hybridized carbons (Fsp3) is 0.217. The Labute approximate surface area is 186 Å². The second-order valence-corrected chi connectivity index (χ2v) is 7.20. The van der Waals surface area contributed by atoms with Crippen molar-refractivity contribution in [2.45, 2.75) is 12.2 Å². The van der Waals surface area contributed by atoms with Crippen molar-refractivity contribution < 1.29 is 32.2 Å². The molecule has 0 aliphatic carbocycles. The van der Waals surface area contributed by atoms with Crippen LogP contribution < -0.4 is 20.3 Å². The van der Waals surface area contributed by atoms with Crippen LogP contribution in [0.3, 0.4) is 0 Å². The number of para-hydroxylation sites is 1. The molecule has 1 amide bonds. The molecule has 1 aliphatic rings. The van der Waals surface area contributed by atoms with Gasteiger partial charge in [0.1, 0.15) is 35.1 Å². The zero-order chi connectivity index (χ0) is 23.6. The van der Waals surface area contributed by atoms with Gasteiger partial charge in [0.15, 0.2) is 0 Å². The summed E-state index contributed by atoms with van der Waals surface area (Å²) in [4.78, 5) is 26.7. The van der Waals surface area contributed by atoms with Gasteiger partial charge in [0, 0.05) is 24.3 Å². The maximum absolute atomic E-state index is 12.9. The fourth-order valence-corrected chi connectivity index (χ4v) is 3.45. The standard InChI is InChI=1S/C23H19F3N2O5/c1-31-10-11-32-13-6-7-15-18(12-13)33-17-5-3-2-4-14(17)20(15)28-22(30)16-8-9-19(23(24,25)26)27-21(16)29/h2-9,12,20H,10-11H2,1H3,(H,27,29)(H,28,30). The molecule has 0 bridgehead atoms. The lowest BCUT2D eigenvalue weighted by molar-refractivity contribution is -0.141. The second-order valence-electron chi connectivity index (χ2n) is 7.20. The van der Waals surface area contributed by atoms with Gasteiger partial charge in [-0.05, 0) is 30.3 Å². The van der Waals surface area contributed by atoms with Gasteiger partial charge in [-0.2, -0.15) is 13.2 Å². The number of fused-ring (bicyclic) bond motifs is 2. The average Bonchev–Trinajstić information content (AvgIpc) is 2.78. The summed E-state index contributed by atoms with van der Waals surface area (Å²) < 4.78 is 55.0. The van der Waals surface area contributed by atoms with Crippen molar-refractivity contribution in [2.24, 2.45) is 0 Å². The summed E-state index contributed by atoms with van der Waals surface area (Å²) in [6, 6.07) is 12.9. The van der Waals surface area contributed by atoms with Gasteiger partial charge in [-0.3, -0.25) is 9.59 Å². The van der Waals surface area contributed by atoms with Gasteiger partial charge in [0.2, 0.25) is 0 Å². The monoisotopic (exact) mass is 460 g/mol. The van der Waals surface area contributed by atoms with Crippen molar-refractivity contribution in [3.8, 4) is 17.2 Å². The van der Waals surface area contributed by atoms with E-state index < -0.39 is 34.9 Å². The van der Waals surface area contributed by atoms with E-state index in [1.54, 1.807) is 54.6 Å². The van der Waals surface area contributed by atoms with Crippen molar-refractivity contribution in [1.29, 1.82) is 0 Å². The molecular formula is C23H19F3N2O5. The minimum Gasteiger partial charge on any atom is -0.491 e. The van der Waals surface area contributed by atoms with E-state index in [4.69, 9.17) is 14.2 Å². The first kappa shape index (κ1) is 22.4. The number of halogens is 3. The molecule has 0 spiro atoms. The van der Waals surface area contributed by atoms with Crippen LogP contribution in [0, 0.1) is 0 Å². The molecule has 2 N–H and O–H groups in total. The van der Waals surface area contributed by atoms with Crippen LogP contribution in [0.2, 0.25) is 0 Å². The van der Waals surface area contributed by atoms with E-state index in [0.29, 0.717) is 47.7 Å². The number of pyridine rings is 1. The Morgan fingerprint density at radius 2 is 1.82 bits per heavy atom. The Kier molecular flexibility index (Phi) is 6.10. The first-order valence-electron chi connectivity index (χ1n) is 9.92. The number of aromatic amines is 1. The zero-order valence-corrected chi connectivity index (χ0v) is 17.4. The second kappa shape index (κ2) is 8.99.